The number of hydrogen-bond donors (Lipinski definition) is 0. The third-order valence-electron chi connectivity index (χ3n) is 9.67. The third-order valence-corrected chi connectivity index (χ3v) is 9.67. The van der Waals surface area contributed by atoms with Crippen LogP contribution in [0.3, 0.4) is 0 Å². The quantitative estimate of drug-likeness (QED) is 0.320. The van der Waals surface area contributed by atoms with Gasteiger partial charge in [0, 0.05) is 18.3 Å². The summed E-state index contributed by atoms with van der Waals surface area (Å²) < 4.78 is 0. The monoisotopic (exact) mass is 508 g/mol. The summed E-state index contributed by atoms with van der Waals surface area (Å²) in [5.74, 6) is 3.19. The lowest BCUT2D eigenvalue weighted by atomic mass is 9.67. The lowest BCUT2D eigenvalue weighted by Gasteiger charge is -2.37. The average molecular weight is 509 g/mol. The zero-order valence-electron chi connectivity index (χ0n) is 23.3. The molecule has 3 aliphatic rings. The van der Waals surface area contributed by atoms with Crippen LogP contribution in [0.2, 0.25) is 0 Å². The van der Waals surface area contributed by atoms with Gasteiger partial charge in [-0.1, -0.05) is 86.7 Å². The van der Waals surface area contributed by atoms with Crippen molar-refractivity contribution in [2.45, 2.75) is 78.1 Å². The van der Waals surface area contributed by atoms with Crippen molar-refractivity contribution in [1.29, 1.82) is 0 Å². The van der Waals surface area contributed by atoms with E-state index in [0.717, 1.165) is 69.8 Å². The van der Waals surface area contributed by atoms with Gasteiger partial charge in [0.15, 0.2) is 5.78 Å². The van der Waals surface area contributed by atoms with Gasteiger partial charge in [0.25, 0.3) is 0 Å². The van der Waals surface area contributed by atoms with E-state index in [-0.39, 0.29) is 11.8 Å². The van der Waals surface area contributed by atoms with Crippen molar-refractivity contribution in [3.8, 4) is 0 Å². The number of rotatable bonds is 9. The minimum Gasteiger partial charge on any atom is -0.299 e. The first-order chi connectivity index (χ1) is 18.5. The van der Waals surface area contributed by atoms with Gasteiger partial charge in [-0.05, 0) is 104 Å². The summed E-state index contributed by atoms with van der Waals surface area (Å²) >= 11 is 0. The Labute approximate surface area is 229 Å². The number of carbonyl (C=O) groups is 2. The van der Waals surface area contributed by atoms with Crippen molar-refractivity contribution in [3.05, 3.63) is 95.1 Å². The van der Waals surface area contributed by atoms with Crippen LogP contribution in [0.5, 0.6) is 0 Å². The van der Waals surface area contributed by atoms with Crippen LogP contribution in [0, 0.1) is 35.5 Å². The summed E-state index contributed by atoms with van der Waals surface area (Å²) in [6, 6.07) is 19.7. The van der Waals surface area contributed by atoms with Crippen LogP contribution in [0.25, 0.3) is 0 Å². The molecule has 0 radical (unpaired) electrons. The molecule has 2 saturated carbocycles. The molecule has 0 N–H and O–H groups in total. The minimum atomic E-state index is 0.133. The van der Waals surface area contributed by atoms with Crippen LogP contribution in [0.1, 0.15) is 75.5 Å². The van der Waals surface area contributed by atoms with E-state index in [1.165, 1.54) is 16.7 Å². The predicted octanol–water partition coefficient (Wildman–Crippen LogP) is 8.14. The molecule has 2 aromatic carbocycles. The van der Waals surface area contributed by atoms with Gasteiger partial charge in [0.05, 0.1) is 0 Å². The van der Waals surface area contributed by atoms with Crippen molar-refractivity contribution >= 4 is 11.6 Å². The zero-order valence-corrected chi connectivity index (χ0v) is 23.3. The van der Waals surface area contributed by atoms with Gasteiger partial charge in [-0.15, -0.1) is 0 Å². The van der Waals surface area contributed by atoms with Crippen molar-refractivity contribution in [2.75, 3.05) is 0 Å². The molecule has 3 atom stereocenters. The maximum atomic E-state index is 13.4. The highest BCUT2D eigenvalue weighted by Gasteiger charge is 2.47. The first-order valence-electron chi connectivity index (χ1n) is 15.0. The summed E-state index contributed by atoms with van der Waals surface area (Å²) in [6.07, 6.45) is 16.0. The summed E-state index contributed by atoms with van der Waals surface area (Å²) in [7, 11) is 0. The second kappa shape index (κ2) is 12.4. The Bertz CT molecular complexity index is 1150. The molecule has 2 heteroatoms. The fraction of sp³-hybridized carbons (Fsp3) is 0.500. The fourth-order valence-electron chi connectivity index (χ4n) is 7.63. The van der Waals surface area contributed by atoms with Gasteiger partial charge in [-0.3, -0.25) is 9.59 Å². The molecule has 3 unspecified atom stereocenters. The first-order valence-corrected chi connectivity index (χ1v) is 15.0. The number of allylic oxidation sites excluding steroid dienone is 4. The maximum absolute atomic E-state index is 13.4. The molecule has 0 aliphatic heterocycles. The van der Waals surface area contributed by atoms with Crippen LogP contribution in [-0.4, -0.2) is 11.6 Å². The topological polar surface area (TPSA) is 34.1 Å². The number of hydrogen-bond acceptors (Lipinski definition) is 2. The molecule has 0 heterocycles. The summed E-state index contributed by atoms with van der Waals surface area (Å²) in [6.45, 7) is 4.63. The van der Waals surface area contributed by atoms with E-state index in [1.54, 1.807) is 0 Å². The van der Waals surface area contributed by atoms with E-state index in [2.05, 4.69) is 86.7 Å². The number of ketones is 2. The van der Waals surface area contributed by atoms with Crippen LogP contribution >= 0.6 is 0 Å². The van der Waals surface area contributed by atoms with Crippen LogP contribution in [0.15, 0.2) is 78.4 Å². The molecule has 200 valence electrons. The molecule has 0 amide bonds. The van der Waals surface area contributed by atoms with Gasteiger partial charge in [0.2, 0.25) is 0 Å². The SMILES string of the molecule is CC(C)C1C(Cc2ccc(CCc3ccccc3)cc2)C(=O)CC1C1CCC(C(=O)C2=CCC=CC2)CC1. The standard InChI is InChI=1S/C36H44O2/c1-25(2)35-32(29-19-21-31(22-20-29)36(38)30-11-7-4-8-12-30)24-34(37)33(35)23-28-17-15-27(16-18-28)14-13-26-9-5-3-6-10-26/h3-7,9-10,12,15-18,25,29,31-33,35H,8,11,13-14,19-24H2,1-2H3. The van der Waals surface area contributed by atoms with Gasteiger partial charge in [0.1, 0.15) is 5.78 Å². The van der Waals surface area contributed by atoms with Crippen molar-refractivity contribution in [3.63, 3.8) is 0 Å². The fourth-order valence-corrected chi connectivity index (χ4v) is 7.63. The molecule has 38 heavy (non-hydrogen) atoms. The maximum Gasteiger partial charge on any atom is 0.161 e. The summed E-state index contributed by atoms with van der Waals surface area (Å²) in [4.78, 5) is 26.4. The lowest BCUT2D eigenvalue weighted by Crippen LogP contribution is -2.32. The molecule has 2 nitrogen and oxygen atoms in total. The van der Waals surface area contributed by atoms with Gasteiger partial charge in [-0.2, -0.15) is 0 Å². The van der Waals surface area contributed by atoms with Crippen LogP contribution in [0.4, 0.5) is 0 Å². The lowest BCUT2D eigenvalue weighted by molar-refractivity contribution is -0.122. The molecule has 0 saturated heterocycles. The highest BCUT2D eigenvalue weighted by Crippen LogP contribution is 2.49. The van der Waals surface area contributed by atoms with Crippen molar-refractivity contribution < 1.29 is 9.59 Å². The molecule has 0 spiro atoms. The first kappa shape index (κ1) is 26.9. The Balaban J connectivity index is 1.18. The largest absolute Gasteiger partial charge is 0.299 e. The molecular formula is C36H44O2. The Kier molecular flexibility index (Phi) is 8.77. The molecule has 3 aliphatic carbocycles. The number of benzene rings is 2. The van der Waals surface area contributed by atoms with Gasteiger partial charge >= 0.3 is 0 Å². The van der Waals surface area contributed by atoms with Gasteiger partial charge in [-0.25, -0.2) is 0 Å². The number of carbonyl (C=O) groups excluding carboxylic acids is 2. The molecule has 2 fully saturated rings. The second-order valence-electron chi connectivity index (χ2n) is 12.4. The van der Waals surface area contributed by atoms with E-state index in [0.29, 0.717) is 35.2 Å². The Morgan fingerprint density at radius 1 is 0.842 bits per heavy atom. The number of Topliss-reactive ketones (excluding diaryl/α,β-unsaturated/α-hetero) is 2. The number of aryl methyl sites for hydroxylation is 2. The Morgan fingerprint density at radius 3 is 2.13 bits per heavy atom. The Morgan fingerprint density at radius 2 is 1.50 bits per heavy atom. The third kappa shape index (κ3) is 6.28. The highest BCUT2D eigenvalue weighted by atomic mass is 16.1. The normalized spacial score (nSPS) is 27.5. The van der Waals surface area contributed by atoms with Crippen molar-refractivity contribution in [2.24, 2.45) is 35.5 Å². The smallest absolute Gasteiger partial charge is 0.161 e. The van der Waals surface area contributed by atoms with Gasteiger partial charge < -0.3 is 0 Å². The molecule has 0 bridgehead atoms. The Hall–Kier alpha value is -2.74. The zero-order chi connectivity index (χ0) is 26.5. The molecule has 2 aromatic rings. The predicted molar refractivity (Wildman–Crippen MR) is 156 cm³/mol. The highest BCUT2D eigenvalue weighted by molar-refractivity contribution is 5.97. The molecule has 5 rings (SSSR count). The van der Waals surface area contributed by atoms with Crippen molar-refractivity contribution in [1.82, 2.24) is 0 Å². The van der Waals surface area contributed by atoms with E-state index in [1.807, 2.05) is 0 Å². The van der Waals surface area contributed by atoms with E-state index in [9.17, 15) is 9.59 Å². The van der Waals surface area contributed by atoms with Crippen LogP contribution in [-0.2, 0) is 28.9 Å². The molecule has 0 aromatic heterocycles. The summed E-state index contributed by atoms with van der Waals surface area (Å²) in [5.41, 5.74) is 5.06. The minimum absolute atomic E-state index is 0.133. The van der Waals surface area contributed by atoms with E-state index >= 15 is 0 Å². The summed E-state index contributed by atoms with van der Waals surface area (Å²) in [5, 5.41) is 0. The average Bonchev–Trinajstić information content (AvgIpc) is 3.29. The van der Waals surface area contributed by atoms with E-state index < -0.39 is 0 Å². The molecular weight excluding hydrogens is 464 g/mol. The van der Waals surface area contributed by atoms with Crippen LogP contribution < -0.4 is 0 Å². The second-order valence-corrected chi connectivity index (χ2v) is 12.4. The van der Waals surface area contributed by atoms with E-state index in [4.69, 9.17) is 0 Å².